The number of esters is 1. The van der Waals surface area contributed by atoms with Gasteiger partial charge in [-0.25, -0.2) is 0 Å². The fourth-order valence-corrected chi connectivity index (χ4v) is 3.66. The van der Waals surface area contributed by atoms with Crippen LogP contribution in [0.2, 0.25) is 0 Å². The smallest absolute Gasteiger partial charge is 0.306 e. The van der Waals surface area contributed by atoms with Gasteiger partial charge in [0.25, 0.3) is 0 Å². The Balaban J connectivity index is 1.66. The molecular formula is C24H32N2O5. The van der Waals surface area contributed by atoms with E-state index in [1.807, 2.05) is 51.1 Å². The molecule has 1 N–H and O–H groups in total. The fourth-order valence-electron chi connectivity index (χ4n) is 3.66. The van der Waals surface area contributed by atoms with Crippen LogP contribution in [0.4, 0.5) is 0 Å². The number of hydrogen-bond acceptors (Lipinski definition) is 7. The van der Waals surface area contributed by atoms with Gasteiger partial charge in [-0.05, 0) is 57.9 Å². The number of ether oxygens (including phenoxy) is 2. The quantitative estimate of drug-likeness (QED) is 0.174. The molecule has 1 aliphatic rings. The van der Waals surface area contributed by atoms with E-state index in [1.54, 1.807) is 0 Å². The van der Waals surface area contributed by atoms with Crippen molar-refractivity contribution in [2.75, 3.05) is 6.61 Å². The summed E-state index contributed by atoms with van der Waals surface area (Å²) >= 11 is 0. The molecule has 0 bridgehead atoms. The van der Waals surface area contributed by atoms with Crippen molar-refractivity contribution in [1.82, 2.24) is 5.16 Å². The molecule has 31 heavy (non-hydrogen) atoms. The number of carbonyl (C=O) groups excluding carboxylic acids is 1. The van der Waals surface area contributed by atoms with E-state index in [-0.39, 0.29) is 18.3 Å². The monoisotopic (exact) mass is 428 g/mol. The first-order valence-corrected chi connectivity index (χ1v) is 10.9. The maximum Gasteiger partial charge on any atom is 0.306 e. The average molecular weight is 429 g/mol. The molecule has 1 aliphatic carbocycles. The van der Waals surface area contributed by atoms with Crippen molar-refractivity contribution in [3.63, 3.8) is 0 Å². The van der Waals surface area contributed by atoms with Gasteiger partial charge in [-0.2, -0.15) is 0 Å². The van der Waals surface area contributed by atoms with Crippen LogP contribution in [0.1, 0.15) is 87.3 Å². The second kappa shape index (κ2) is 10.6. The molecule has 0 aliphatic heterocycles. The predicted molar refractivity (Wildman–Crippen MR) is 116 cm³/mol. The zero-order chi connectivity index (χ0) is 22.3. The molecule has 7 nitrogen and oxygen atoms in total. The molecule has 3 rings (SSSR count). The molecule has 1 aromatic carbocycles. The zero-order valence-electron chi connectivity index (χ0n) is 18.5. The van der Waals surface area contributed by atoms with Gasteiger partial charge in [0.15, 0.2) is 5.76 Å². The van der Waals surface area contributed by atoms with Crippen molar-refractivity contribution < 1.29 is 24.0 Å². The van der Waals surface area contributed by atoms with Crippen LogP contribution in [0.5, 0.6) is 0 Å². The molecule has 0 unspecified atom stereocenters. The normalized spacial score (nSPS) is 15.3. The van der Waals surface area contributed by atoms with E-state index >= 15 is 0 Å². The third-order valence-corrected chi connectivity index (χ3v) is 5.12. The Morgan fingerprint density at radius 1 is 1.32 bits per heavy atom. The first kappa shape index (κ1) is 23.0. The molecule has 2 aromatic rings. The van der Waals surface area contributed by atoms with Gasteiger partial charge in [0.05, 0.1) is 18.7 Å². The highest BCUT2D eigenvalue weighted by molar-refractivity contribution is 5.78. The summed E-state index contributed by atoms with van der Waals surface area (Å²) in [5, 5.41) is 16.3. The molecule has 1 aromatic heterocycles. The highest BCUT2D eigenvalue weighted by Crippen LogP contribution is 2.46. The van der Waals surface area contributed by atoms with E-state index in [0.29, 0.717) is 24.9 Å². The SMILES string of the molecule is CC(C)(C)OC(=O)C[C@H](CCCOCc1ccccc1)c1noc(/C=N/O)c1C1CC1. The fraction of sp³-hybridized carbons (Fsp3) is 0.542. The number of oxime groups is 1. The largest absolute Gasteiger partial charge is 0.460 e. The molecule has 1 heterocycles. The van der Waals surface area contributed by atoms with Crippen LogP contribution in [-0.2, 0) is 20.9 Å². The van der Waals surface area contributed by atoms with Gasteiger partial charge in [-0.3, -0.25) is 4.79 Å². The number of carbonyl (C=O) groups is 1. The number of hydrogen-bond donors (Lipinski definition) is 1. The summed E-state index contributed by atoms with van der Waals surface area (Å²) in [6, 6.07) is 10.0. The van der Waals surface area contributed by atoms with Gasteiger partial charge in [0.1, 0.15) is 11.8 Å². The van der Waals surface area contributed by atoms with Gasteiger partial charge in [-0.1, -0.05) is 40.6 Å². The van der Waals surface area contributed by atoms with Crippen LogP contribution in [0.3, 0.4) is 0 Å². The minimum absolute atomic E-state index is 0.143. The van der Waals surface area contributed by atoms with E-state index < -0.39 is 5.60 Å². The molecule has 1 saturated carbocycles. The van der Waals surface area contributed by atoms with E-state index in [9.17, 15) is 4.79 Å². The molecule has 1 atom stereocenters. The lowest BCUT2D eigenvalue weighted by molar-refractivity contribution is -0.155. The topological polar surface area (TPSA) is 94.2 Å². The molecule has 0 saturated heterocycles. The molecule has 0 spiro atoms. The standard InChI is InChI=1S/C24H32N2O5/c1-24(2,3)30-21(27)14-19(10-7-13-29-16-17-8-5-4-6-9-17)23-22(18-11-12-18)20(15-25-28)31-26-23/h4-6,8-9,15,18-19,28H,7,10-14,16H2,1-3H3/b25-15+/t19-/m0/s1. The Kier molecular flexibility index (Phi) is 7.85. The minimum atomic E-state index is -0.543. The average Bonchev–Trinajstić information content (AvgIpc) is 3.46. The summed E-state index contributed by atoms with van der Waals surface area (Å²) in [7, 11) is 0. The number of aromatic nitrogens is 1. The third-order valence-electron chi connectivity index (χ3n) is 5.12. The number of benzene rings is 1. The summed E-state index contributed by atoms with van der Waals surface area (Å²) in [4.78, 5) is 12.6. The van der Waals surface area contributed by atoms with Crippen molar-refractivity contribution in [3.8, 4) is 0 Å². The molecule has 168 valence electrons. The van der Waals surface area contributed by atoms with Gasteiger partial charge in [0, 0.05) is 18.1 Å². The van der Waals surface area contributed by atoms with Gasteiger partial charge < -0.3 is 19.2 Å². The highest BCUT2D eigenvalue weighted by atomic mass is 16.6. The molecule has 0 amide bonds. The van der Waals surface area contributed by atoms with Crippen molar-refractivity contribution in [2.24, 2.45) is 5.16 Å². The van der Waals surface area contributed by atoms with E-state index in [2.05, 4.69) is 10.3 Å². The zero-order valence-corrected chi connectivity index (χ0v) is 18.5. The number of nitrogens with zero attached hydrogens (tertiary/aromatic N) is 2. The van der Waals surface area contributed by atoms with Gasteiger partial charge in [-0.15, -0.1) is 0 Å². The highest BCUT2D eigenvalue weighted by Gasteiger charge is 2.35. The van der Waals surface area contributed by atoms with Crippen LogP contribution >= 0.6 is 0 Å². The van der Waals surface area contributed by atoms with Crippen LogP contribution in [0, 0.1) is 0 Å². The van der Waals surface area contributed by atoms with E-state index in [0.717, 1.165) is 42.5 Å². The second-order valence-corrected chi connectivity index (χ2v) is 9.03. The second-order valence-electron chi connectivity index (χ2n) is 9.03. The first-order chi connectivity index (χ1) is 14.9. The van der Waals surface area contributed by atoms with Crippen LogP contribution in [0.25, 0.3) is 0 Å². The van der Waals surface area contributed by atoms with Gasteiger partial charge in [0.2, 0.25) is 0 Å². The van der Waals surface area contributed by atoms with Crippen molar-refractivity contribution >= 4 is 12.2 Å². The first-order valence-electron chi connectivity index (χ1n) is 10.9. The molecule has 7 heteroatoms. The molecular weight excluding hydrogens is 396 g/mol. The van der Waals surface area contributed by atoms with Gasteiger partial charge >= 0.3 is 5.97 Å². The Labute approximate surface area is 183 Å². The molecule has 1 fully saturated rings. The Morgan fingerprint density at radius 2 is 2.06 bits per heavy atom. The van der Waals surface area contributed by atoms with E-state index in [4.69, 9.17) is 19.2 Å². The Morgan fingerprint density at radius 3 is 2.71 bits per heavy atom. The van der Waals surface area contributed by atoms with Crippen LogP contribution in [-0.4, -0.2) is 34.8 Å². The lowest BCUT2D eigenvalue weighted by Gasteiger charge is -2.22. The van der Waals surface area contributed by atoms with Crippen molar-refractivity contribution in [3.05, 3.63) is 52.9 Å². The lowest BCUT2D eigenvalue weighted by atomic mass is 9.91. The summed E-state index contributed by atoms with van der Waals surface area (Å²) in [6.45, 7) is 6.73. The lowest BCUT2D eigenvalue weighted by Crippen LogP contribution is -2.25. The molecule has 0 radical (unpaired) electrons. The van der Waals surface area contributed by atoms with E-state index in [1.165, 1.54) is 6.21 Å². The maximum atomic E-state index is 12.6. The third kappa shape index (κ3) is 7.21. The summed E-state index contributed by atoms with van der Waals surface area (Å²) in [5.74, 6) is 0.402. The predicted octanol–water partition coefficient (Wildman–Crippen LogP) is 5.17. The van der Waals surface area contributed by atoms with Crippen LogP contribution in [0.15, 0.2) is 40.0 Å². The summed E-state index contributed by atoms with van der Waals surface area (Å²) < 4.78 is 16.8. The summed E-state index contributed by atoms with van der Waals surface area (Å²) in [5.41, 5.74) is 2.31. The Bertz CT molecular complexity index is 866. The Hall–Kier alpha value is -2.67. The maximum absolute atomic E-state index is 12.6. The minimum Gasteiger partial charge on any atom is -0.460 e. The van der Waals surface area contributed by atoms with Crippen LogP contribution < -0.4 is 0 Å². The van der Waals surface area contributed by atoms with Crippen molar-refractivity contribution in [1.29, 1.82) is 0 Å². The van der Waals surface area contributed by atoms with Crippen molar-refractivity contribution in [2.45, 2.75) is 76.9 Å². The summed E-state index contributed by atoms with van der Waals surface area (Å²) in [6.07, 6.45) is 5.08. The number of rotatable bonds is 11.